The Hall–Kier alpha value is -2.17. The van der Waals surface area contributed by atoms with Crippen LogP contribution in [0.5, 0.6) is 5.75 Å². The van der Waals surface area contributed by atoms with E-state index < -0.39 is 11.8 Å². The Kier molecular flexibility index (Phi) is 3.64. The lowest BCUT2D eigenvalue weighted by Crippen LogP contribution is -2.09. The lowest BCUT2D eigenvalue weighted by molar-refractivity contribution is 0.0593. The van der Waals surface area contributed by atoms with E-state index in [-0.39, 0.29) is 11.8 Å². The largest absolute Gasteiger partial charge is 0.490 e. The molecule has 100 valence electrons. The van der Waals surface area contributed by atoms with Gasteiger partial charge in [-0.15, -0.1) is 0 Å². The van der Waals surface area contributed by atoms with Gasteiger partial charge in [0.05, 0.1) is 18.7 Å². The number of carbonyl (C=O) groups is 1. The Morgan fingerprint density at radius 3 is 2.68 bits per heavy atom. The summed E-state index contributed by atoms with van der Waals surface area (Å²) >= 11 is 0. The van der Waals surface area contributed by atoms with Crippen molar-refractivity contribution < 1.29 is 18.7 Å². The van der Waals surface area contributed by atoms with Crippen LogP contribution in [0.3, 0.4) is 0 Å². The molecule has 0 spiro atoms. The van der Waals surface area contributed by atoms with E-state index in [9.17, 15) is 9.18 Å². The van der Waals surface area contributed by atoms with Gasteiger partial charge in [-0.25, -0.2) is 14.2 Å². The highest BCUT2D eigenvalue weighted by Crippen LogP contribution is 2.27. The maximum absolute atomic E-state index is 13.2. The van der Waals surface area contributed by atoms with Crippen LogP contribution in [-0.2, 0) is 4.74 Å². The van der Waals surface area contributed by atoms with E-state index in [0.717, 1.165) is 0 Å². The van der Waals surface area contributed by atoms with Crippen LogP contribution in [0.1, 0.15) is 24.3 Å². The SMILES string of the molecule is COC(=O)c1cc(OC(C)C)c2ccc(F)cc2n1. The lowest BCUT2D eigenvalue weighted by Gasteiger charge is -2.13. The number of hydrogen-bond acceptors (Lipinski definition) is 4. The van der Waals surface area contributed by atoms with E-state index in [1.807, 2.05) is 13.8 Å². The molecule has 0 saturated carbocycles. The zero-order chi connectivity index (χ0) is 14.0. The van der Waals surface area contributed by atoms with Crippen LogP contribution in [0, 0.1) is 5.82 Å². The topological polar surface area (TPSA) is 48.4 Å². The number of methoxy groups -OCH3 is 1. The molecule has 0 bridgehead atoms. The third-order valence-electron chi connectivity index (χ3n) is 2.49. The summed E-state index contributed by atoms with van der Waals surface area (Å²) in [4.78, 5) is 15.6. The number of pyridine rings is 1. The Bertz CT molecular complexity index is 625. The molecule has 4 nitrogen and oxygen atoms in total. The first-order chi connectivity index (χ1) is 9.01. The molecule has 0 aliphatic carbocycles. The molecule has 1 heterocycles. The summed E-state index contributed by atoms with van der Waals surface area (Å²) in [6.07, 6.45) is -0.0684. The van der Waals surface area contributed by atoms with Gasteiger partial charge in [-0.1, -0.05) is 0 Å². The number of fused-ring (bicyclic) bond motifs is 1. The monoisotopic (exact) mass is 263 g/mol. The van der Waals surface area contributed by atoms with E-state index in [1.165, 1.54) is 25.3 Å². The van der Waals surface area contributed by atoms with Crippen molar-refractivity contribution in [2.45, 2.75) is 20.0 Å². The van der Waals surface area contributed by atoms with E-state index >= 15 is 0 Å². The third kappa shape index (κ3) is 2.81. The number of nitrogens with zero attached hydrogens (tertiary/aromatic N) is 1. The summed E-state index contributed by atoms with van der Waals surface area (Å²) in [5.41, 5.74) is 0.454. The number of carbonyl (C=O) groups excluding carboxylic acids is 1. The molecule has 0 amide bonds. The first kappa shape index (κ1) is 13.3. The van der Waals surface area contributed by atoms with Gasteiger partial charge in [0.25, 0.3) is 0 Å². The highest BCUT2D eigenvalue weighted by Gasteiger charge is 2.14. The van der Waals surface area contributed by atoms with Gasteiger partial charge in [0.15, 0.2) is 5.69 Å². The standard InChI is InChI=1S/C14H14FNO3/c1-8(2)19-13-7-12(14(17)18-3)16-11-6-9(15)4-5-10(11)13/h4-8H,1-3H3. The van der Waals surface area contributed by atoms with Crippen molar-refractivity contribution in [3.63, 3.8) is 0 Å². The first-order valence-electron chi connectivity index (χ1n) is 5.86. The minimum Gasteiger partial charge on any atom is -0.490 e. The van der Waals surface area contributed by atoms with Gasteiger partial charge in [0.2, 0.25) is 0 Å². The second-order valence-electron chi connectivity index (χ2n) is 4.33. The van der Waals surface area contributed by atoms with Gasteiger partial charge in [0.1, 0.15) is 11.6 Å². The smallest absolute Gasteiger partial charge is 0.356 e. The van der Waals surface area contributed by atoms with Gasteiger partial charge in [-0.05, 0) is 26.0 Å². The number of esters is 1. The molecule has 2 rings (SSSR count). The fourth-order valence-electron chi connectivity index (χ4n) is 1.73. The summed E-state index contributed by atoms with van der Waals surface area (Å²) in [7, 11) is 1.27. The average Bonchev–Trinajstić information content (AvgIpc) is 2.36. The quantitative estimate of drug-likeness (QED) is 0.799. The van der Waals surface area contributed by atoms with Crippen molar-refractivity contribution in [1.29, 1.82) is 0 Å². The second-order valence-corrected chi connectivity index (χ2v) is 4.33. The summed E-state index contributed by atoms with van der Waals surface area (Å²) in [5, 5.41) is 0.655. The van der Waals surface area contributed by atoms with E-state index in [1.54, 1.807) is 6.07 Å². The molecule has 0 aliphatic rings. The molecule has 5 heteroatoms. The predicted molar refractivity (Wildman–Crippen MR) is 68.8 cm³/mol. The molecule has 0 atom stereocenters. The molecule has 0 N–H and O–H groups in total. The summed E-state index contributed by atoms with van der Waals surface area (Å²) < 4.78 is 23.5. The maximum atomic E-state index is 13.2. The Labute approximate surface area is 110 Å². The highest BCUT2D eigenvalue weighted by atomic mass is 19.1. The van der Waals surface area contributed by atoms with E-state index in [2.05, 4.69) is 9.72 Å². The van der Waals surface area contributed by atoms with Crippen molar-refractivity contribution in [3.05, 3.63) is 35.8 Å². The number of ether oxygens (including phenoxy) is 2. The van der Waals surface area contributed by atoms with Gasteiger partial charge in [-0.2, -0.15) is 0 Å². The van der Waals surface area contributed by atoms with Crippen LogP contribution < -0.4 is 4.74 Å². The van der Waals surface area contributed by atoms with Crippen LogP contribution in [0.15, 0.2) is 24.3 Å². The summed E-state index contributed by atoms with van der Waals surface area (Å²) in [6.45, 7) is 3.74. The maximum Gasteiger partial charge on any atom is 0.356 e. The molecular formula is C14H14FNO3. The number of hydrogen-bond donors (Lipinski definition) is 0. The second kappa shape index (κ2) is 5.22. The Morgan fingerprint density at radius 1 is 1.32 bits per heavy atom. The van der Waals surface area contributed by atoms with Crippen molar-refractivity contribution in [2.75, 3.05) is 7.11 Å². The molecular weight excluding hydrogens is 249 g/mol. The normalized spacial score (nSPS) is 10.8. The zero-order valence-corrected chi connectivity index (χ0v) is 10.9. The Balaban J connectivity index is 2.65. The lowest BCUT2D eigenvalue weighted by atomic mass is 10.1. The Morgan fingerprint density at radius 2 is 2.05 bits per heavy atom. The van der Waals surface area contributed by atoms with Crippen LogP contribution in [0.2, 0.25) is 0 Å². The van der Waals surface area contributed by atoms with E-state index in [0.29, 0.717) is 16.7 Å². The number of aromatic nitrogens is 1. The summed E-state index contributed by atoms with van der Waals surface area (Å²) in [6, 6.07) is 5.67. The van der Waals surface area contributed by atoms with Gasteiger partial charge < -0.3 is 9.47 Å². The predicted octanol–water partition coefficient (Wildman–Crippen LogP) is 2.95. The van der Waals surface area contributed by atoms with Crippen LogP contribution in [-0.4, -0.2) is 24.2 Å². The van der Waals surface area contributed by atoms with Crippen LogP contribution in [0.4, 0.5) is 4.39 Å². The minimum atomic E-state index is -0.584. The number of halogens is 1. The zero-order valence-electron chi connectivity index (χ0n) is 10.9. The highest BCUT2D eigenvalue weighted by molar-refractivity contribution is 5.94. The third-order valence-corrected chi connectivity index (χ3v) is 2.49. The van der Waals surface area contributed by atoms with Gasteiger partial charge in [0, 0.05) is 17.5 Å². The number of rotatable bonds is 3. The van der Waals surface area contributed by atoms with Crippen molar-refractivity contribution in [1.82, 2.24) is 4.98 Å². The summed E-state index contributed by atoms with van der Waals surface area (Å²) in [5.74, 6) is -0.516. The molecule has 19 heavy (non-hydrogen) atoms. The average molecular weight is 263 g/mol. The first-order valence-corrected chi connectivity index (χ1v) is 5.86. The molecule has 0 radical (unpaired) electrons. The molecule has 2 aromatic rings. The molecule has 0 unspecified atom stereocenters. The van der Waals surface area contributed by atoms with Gasteiger partial charge in [-0.3, -0.25) is 0 Å². The number of benzene rings is 1. The fraction of sp³-hybridized carbons (Fsp3) is 0.286. The van der Waals surface area contributed by atoms with Crippen molar-refractivity contribution >= 4 is 16.9 Å². The van der Waals surface area contributed by atoms with E-state index in [4.69, 9.17) is 4.74 Å². The fourth-order valence-corrected chi connectivity index (χ4v) is 1.73. The van der Waals surface area contributed by atoms with Crippen molar-refractivity contribution in [2.24, 2.45) is 0 Å². The van der Waals surface area contributed by atoms with Gasteiger partial charge >= 0.3 is 5.97 Å². The molecule has 0 aliphatic heterocycles. The molecule has 0 fully saturated rings. The van der Waals surface area contributed by atoms with Crippen LogP contribution in [0.25, 0.3) is 10.9 Å². The minimum absolute atomic E-state index is 0.0684. The molecule has 1 aromatic heterocycles. The molecule has 0 saturated heterocycles. The van der Waals surface area contributed by atoms with Crippen molar-refractivity contribution in [3.8, 4) is 5.75 Å². The molecule has 1 aromatic carbocycles. The van der Waals surface area contributed by atoms with Crippen LogP contribution >= 0.6 is 0 Å².